The number of hydrogen-bond donors (Lipinski definition) is 2. The number of carbonyl (C=O) groups is 2. The quantitative estimate of drug-likeness (QED) is 0.511. The Morgan fingerprint density at radius 2 is 1.85 bits per heavy atom. The summed E-state index contributed by atoms with van der Waals surface area (Å²) in [6.07, 6.45) is 0. The van der Waals surface area contributed by atoms with Crippen LogP contribution in [0.5, 0.6) is 0 Å². The molecule has 0 aromatic heterocycles. The topological polar surface area (TPSA) is 70.7 Å². The lowest BCUT2D eigenvalue weighted by Gasteiger charge is -2.18. The summed E-state index contributed by atoms with van der Waals surface area (Å²) in [6.45, 7) is 0.864. The van der Waals surface area contributed by atoms with Gasteiger partial charge in [0.1, 0.15) is 0 Å². The van der Waals surface area contributed by atoms with Gasteiger partial charge in [0, 0.05) is 44.0 Å². The van der Waals surface area contributed by atoms with Crippen LogP contribution in [0.4, 0.5) is 11.4 Å². The Hall–Kier alpha value is -2.51. The molecule has 0 fully saturated rings. The van der Waals surface area contributed by atoms with Crippen molar-refractivity contribution in [3.63, 3.8) is 0 Å². The van der Waals surface area contributed by atoms with Crippen LogP contribution in [0.25, 0.3) is 0 Å². The smallest absolute Gasteiger partial charge is 0.253 e. The van der Waals surface area contributed by atoms with Crippen LogP contribution in [-0.4, -0.2) is 51.9 Å². The summed E-state index contributed by atoms with van der Waals surface area (Å²) < 4.78 is 4.96. The number of nitrogens with zero attached hydrogens (tertiary/aromatic N) is 1. The van der Waals surface area contributed by atoms with Gasteiger partial charge >= 0.3 is 0 Å². The third kappa shape index (κ3) is 6.62. The van der Waals surface area contributed by atoms with Crippen molar-refractivity contribution in [1.29, 1.82) is 0 Å². The third-order valence-electron chi connectivity index (χ3n) is 3.71. The van der Waals surface area contributed by atoms with Crippen molar-refractivity contribution >= 4 is 35.0 Å². The third-order valence-corrected chi connectivity index (χ3v) is 4.72. The zero-order valence-corrected chi connectivity index (χ0v) is 16.6. The van der Waals surface area contributed by atoms with Crippen LogP contribution < -0.4 is 15.5 Å². The van der Waals surface area contributed by atoms with E-state index in [2.05, 4.69) is 10.6 Å². The van der Waals surface area contributed by atoms with Gasteiger partial charge in [-0.05, 0) is 30.3 Å². The predicted molar refractivity (Wildman–Crippen MR) is 111 cm³/mol. The summed E-state index contributed by atoms with van der Waals surface area (Å²) in [7, 11) is 5.33. The van der Waals surface area contributed by atoms with Gasteiger partial charge in [-0.2, -0.15) is 0 Å². The highest BCUT2D eigenvalue weighted by Crippen LogP contribution is 2.24. The first-order valence-electron chi connectivity index (χ1n) is 8.57. The van der Waals surface area contributed by atoms with E-state index in [1.54, 1.807) is 19.2 Å². The normalized spacial score (nSPS) is 10.3. The zero-order valence-electron chi connectivity index (χ0n) is 15.8. The number of amides is 2. The molecule has 2 aromatic carbocycles. The minimum atomic E-state index is -0.203. The predicted octanol–water partition coefficient (Wildman–Crippen LogP) is 2.86. The van der Waals surface area contributed by atoms with Gasteiger partial charge in [-0.15, -0.1) is 11.8 Å². The first kappa shape index (κ1) is 20.8. The number of ether oxygens (including phenoxy) is 1. The number of methoxy groups -OCH3 is 1. The first-order valence-corrected chi connectivity index (χ1v) is 9.56. The Morgan fingerprint density at radius 3 is 2.52 bits per heavy atom. The molecule has 6 nitrogen and oxygen atoms in total. The number of thioether (sulfide) groups is 1. The maximum absolute atomic E-state index is 12.5. The molecule has 0 unspecified atom stereocenters. The van der Waals surface area contributed by atoms with Gasteiger partial charge in [-0.1, -0.05) is 18.2 Å². The standard InChI is InChI=1S/C20H25N3O3S/c1-23(2)18-10-9-15(13-17(18)20(25)21-11-12-26-3)22-19(24)14-27-16-7-5-4-6-8-16/h4-10,13H,11-12,14H2,1-3H3,(H,21,25)(H,22,24). The van der Waals surface area contributed by atoms with Gasteiger partial charge in [-0.3, -0.25) is 9.59 Å². The SMILES string of the molecule is COCCNC(=O)c1cc(NC(=O)CSc2ccccc2)ccc1N(C)C. The zero-order chi connectivity index (χ0) is 19.6. The minimum absolute atomic E-state index is 0.118. The van der Waals surface area contributed by atoms with E-state index in [1.165, 1.54) is 11.8 Å². The first-order chi connectivity index (χ1) is 13.0. The van der Waals surface area contributed by atoms with Gasteiger partial charge < -0.3 is 20.3 Å². The van der Waals surface area contributed by atoms with Crippen molar-refractivity contribution in [2.75, 3.05) is 50.3 Å². The van der Waals surface area contributed by atoms with Crippen LogP contribution in [0.2, 0.25) is 0 Å². The molecule has 0 aliphatic carbocycles. The van der Waals surface area contributed by atoms with Crippen molar-refractivity contribution in [3.05, 3.63) is 54.1 Å². The molecular formula is C20H25N3O3S. The summed E-state index contributed by atoms with van der Waals surface area (Å²) in [5.41, 5.74) is 1.88. The number of hydrogen-bond acceptors (Lipinski definition) is 5. The fourth-order valence-corrected chi connectivity index (χ4v) is 3.13. The Balaban J connectivity index is 2.04. The molecule has 2 rings (SSSR count). The molecule has 0 aliphatic heterocycles. The molecule has 0 saturated heterocycles. The van der Waals surface area contributed by atoms with Crippen molar-refractivity contribution in [3.8, 4) is 0 Å². The summed E-state index contributed by atoms with van der Waals surface area (Å²) in [6, 6.07) is 15.1. The molecule has 0 spiro atoms. The van der Waals surface area contributed by atoms with Gasteiger partial charge in [0.2, 0.25) is 5.91 Å². The molecule has 0 radical (unpaired) electrons. The van der Waals surface area contributed by atoms with Crippen molar-refractivity contribution < 1.29 is 14.3 Å². The summed E-state index contributed by atoms with van der Waals surface area (Å²) in [5.74, 6) is -0.0212. The van der Waals surface area contributed by atoms with Crippen LogP contribution in [0.1, 0.15) is 10.4 Å². The fourth-order valence-electron chi connectivity index (χ4n) is 2.41. The van der Waals surface area contributed by atoms with Gasteiger partial charge in [0.05, 0.1) is 17.9 Å². The van der Waals surface area contributed by atoms with E-state index in [4.69, 9.17) is 4.74 Å². The van der Waals surface area contributed by atoms with Crippen LogP contribution in [0.15, 0.2) is 53.4 Å². The van der Waals surface area contributed by atoms with Crippen molar-refractivity contribution in [2.45, 2.75) is 4.90 Å². The van der Waals surface area contributed by atoms with Gasteiger partial charge in [0.15, 0.2) is 0 Å². The Morgan fingerprint density at radius 1 is 1.11 bits per heavy atom. The van der Waals surface area contributed by atoms with E-state index in [1.807, 2.05) is 55.4 Å². The molecule has 0 atom stereocenters. The summed E-state index contributed by atoms with van der Waals surface area (Å²) in [5, 5.41) is 5.67. The average molecular weight is 388 g/mol. The largest absolute Gasteiger partial charge is 0.383 e. The number of benzene rings is 2. The number of carbonyl (C=O) groups excluding carboxylic acids is 2. The lowest BCUT2D eigenvalue weighted by atomic mass is 10.1. The summed E-state index contributed by atoms with van der Waals surface area (Å²) in [4.78, 5) is 27.6. The van der Waals surface area contributed by atoms with E-state index in [9.17, 15) is 9.59 Å². The Kier molecular flexibility index (Phi) is 8.16. The van der Waals surface area contributed by atoms with Gasteiger partial charge in [-0.25, -0.2) is 0 Å². The van der Waals surface area contributed by atoms with Crippen LogP contribution in [0, 0.1) is 0 Å². The van der Waals surface area contributed by atoms with E-state index < -0.39 is 0 Å². The van der Waals surface area contributed by atoms with Crippen molar-refractivity contribution in [2.24, 2.45) is 0 Å². The highest BCUT2D eigenvalue weighted by atomic mass is 32.2. The van der Waals surface area contributed by atoms with E-state index >= 15 is 0 Å². The monoisotopic (exact) mass is 387 g/mol. The van der Waals surface area contributed by atoms with E-state index in [-0.39, 0.29) is 11.8 Å². The lowest BCUT2D eigenvalue weighted by Crippen LogP contribution is -2.29. The molecule has 0 heterocycles. The van der Waals surface area contributed by atoms with Crippen LogP contribution in [-0.2, 0) is 9.53 Å². The molecule has 0 bridgehead atoms. The molecule has 0 saturated carbocycles. The Labute approximate surface area is 164 Å². The second-order valence-corrected chi connectivity index (χ2v) is 7.07. The highest BCUT2D eigenvalue weighted by Gasteiger charge is 2.14. The summed E-state index contributed by atoms with van der Waals surface area (Å²) >= 11 is 1.47. The molecule has 2 aromatic rings. The van der Waals surface area contributed by atoms with Crippen molar-refractivity contribution in [1.82, 2.24) is 5.32 Å². The highest BCUT2D eigenvalue weighted by molar-refractivity contribution is 8.00. The van der Waals surface area contributed by atoms with E-state index in [0.717, 1.165) is 10.6 Å². The molecular weight excluding hydrogens is 362 g/mol. The fraction of sp³-hybridized carbons (Fsp3) is 0.300. The molecule has 144 valence electrons. The number of rotatable bonds is 9. The van der Waals surface area contributed by atoms with Crippen LogP contribution in [0.3, 0.4) is 0 Å². The van der Waals surface area contributed by atoms with E-state index in [0.29, 0.717) is 30.2 Å². The second-order valence-electron chi connectivity index (χ2n) is 6.02. The average Bonchev–Trinajstić information content (AvgIpc) is 2.67. The molecule has 2 N–H and O–H groups in total. The molecule has 7 heteroatoms. The molecule has 0 aliphatic rings. The number of nitrogens with one attached hydrogen (secondary N) is 2. The maximum Gasteiger partial charge on any atom is 0.253 e. The molecule has 2 amide bonds. The second kappa shape index (κ2) is 10.6. The Bertz CT molecular complexity index is 766. The molecule has 27 heavy (non-hydrogen) atoms. The lowest BCUT2D eigenvalue weighted by molar-refractivity contribution is -0.113. The number of anilines is 2. The van der Waals surface area contributed by atoms with Gasteiger partial charge in [0.25, 0.3) is 5.91 Å². The van der Waals surface area contributed by atoms with Crippen LogP contribution >= 0.6 is 11.8 Å². The maximum atomic E-state index is 12.5. The minimum Gasteiger partial charge on any atom is -0.383 e.